The van der Waals surface area contributed by atoms with Gasteiger partial charge in [-0.2, -0.15) is 0 Å². The van der Waals surface area contributed by atoms with Gasteiger partial charge in [-0.25, -0.2) is 0 Å². The molecule has 39 heavy (non-hydrogen) atoms. The van der Waals surface area contributed by atoms with E-state index in [0.717, 1.165) is 51.4 Å². The maximum Gasteiger partial charge on any atom is 0.308 e. The summed E-state index contributed by atoms with van der Waals surface area (Å²) in [5, 5.41) is 61.0. The summed E-state index contributed by atoms with van der Waals surface area (Å²) in [6.07, 6.45) is 0.937. The molecule has 4 saturated carbocycles. The molecule has 0 bridgehead atoms. The SMILES string of the molecule is C[C@H](CCC(=O)O[C@H]1O[C@H](CO)[C@@H](O)[C@H](O)[C@H]1O)[C@H]1CC[C@H]2[C@@H]3C[C@@H](O)[C@@H]4C[C@H](O)CC[C@]4(C)[C@H]3CC[C@]12C. The normalized spacial score (nSPS) is 52.3. The van der Waals surface area contributed by atoms with Gasteiger partial charge >= 0.3 is 5.97 Å². The highest BCUT2D eigenvalue weighted by Gasteiger charge is 2.62. The Balaban J connectivity index is 1.19. The van der Waals surface area contributed by atoms with Crippen LogP contribution in [0.25, 0.3) is 0 Å². The highest BCUT2D eigenvalue weighted by Crippen LogP contribution is 2.68. The fourth-order valence-corrected chi connectivity index (χ4v) is 10.2. The number of carbonyl (C=O) groups is 1. The topological polar surface area (TPSA) is 157 Å². The summed E-state index contributed by atoms with van der Waals surface area (Å²) in [6, 6.07) is 0. The quantitative estimate of drug-likeness (QED) is 0.269. The molecule has 0 aromatic rings. The second-order valence-corrected chi connectivity index (χ2v) is 14.2. The molecule has 0 spiro atoms. The van der Waals surface area contributed by atoms with Crippen molar-refractivity contribution in [3.63, 3.8) is 0 Å². The lowest BCUT2D eigenvalue weighted by molar-refractivity contribution is -0.292. The number of hydrogen-bond donors (Lipinski definition) is 6. The summed E-state index contributed by atoms with van der Waals surface area (Å²) < 4.78 is 10.6. The summed E-state index contributed by atoms with van der Waals surface area (Å²) in [5.41, 5.74) is 0.264. The van der Waals surface area contributed by atoms with Gasteiger partial charge in [0.2, 0.25) is 6.29 Å². The molecule has 4 aliphatic carbocycles. The Hall–Kier alpha value is -0.810. The highest BCUT2D eigenvalue weighted by molar-refractivity contribution is 5.69. The van der Waals surface area contributed by atoms with Crippen molar-refractivity contribution in [2.24, 2.45) is 46.3 Å². The van der Waals surface area contributed by atoms with Gasteiger partial charge < -0.3 is 40.1 Å². The van der Waals surface area contributed by atoms with Crippen molar-refractivity contribution in [1.29, 1.82) is 0 Å². The van der Waals surface area contributed by atoms with Gasteiger partial charge in [0.05, 0.1) is 18.8 Å². The zero-order valence-electron chi connectivity index (χ0n) is 23.7. The maximum absolute atomic E-state index is 12.7. The van der Waals surface area contributed by atoms with Crippen LogP contribution in [-0.4, -0.2) is 86.1 Å². The van der Waals surface area contributed by atoms with Gasteiger partial charge in [-0.1, -0.05) is 20.8 Å². The first-order valence-corrected chi connectivity index (χ1v) is 15.3. The van der Waals surface area contributed by atoms with Crippen LogP contribution in [0.15, 0.2) is 0 Å². The Morgan fingerprint density at radius 2 is 1.59 bits per heavy atom. The number of ether oxygens (including phenoxy) is 2. The van der Waals surface area contributed by atoms with Gasteiger partial charge in [0.1, 0.15) is 24.4 Å². The number of rotatable bonds is 6. The van der Waals surface area contributed by atoms with E-state index in [4.69, 9.17) is 9.47 Å². The Bertz CT molecular complexity index is 882. The van der Waals surface area contributed by atoms with E-state index in [0.29, 0.717) is 36.0 Å². The lowest BCUT2D eigenvalue weighted by Gasteiger charge is -2.62. The zero-order chi connectivity index (χ0) is 28.3. The fourth-order valence-electron chi connectivity index (χ4n) is 10.2. The molecule has 1 saturated heterocycles. The number of aliphatic hydroxyl groups excluding tert-OH is 6. The van der Waals surface area contributed by atoms with Crippen molar-refractivity contribution in [3.8, 4) is 0 Å². The summed E-state index contributed by atoms with van der Waals surface area (Å²) >= 11 is 0. The summed E-state index contributed by atoms with van der Waals surface area (Å²) in [5.74, 6) is 2.08. The van der Waals surface area contributed by atoms with E-state index in [1.165, 1.54) is 0 Å². The molecule has 9 nitrogen and oxygen atoms in total. The van der Waals surface area contributed by atoms with Crippen LogP contribution in [0, 0.1) is 46.3 Å². The van der Waals surface area contributed by atoms with Gasteiger partial charge in [-0.05, 0) is 104 Å². The summed E-state index contributed by atoms with van der Waals surface area (Å²) in [4.78, 5) is 12.7. The molecule has 6 N–H and O–H groups in total. The Labute approximate surface area is 231 Å². The molecule has 15 atom stereocenters. The van der Waals surface area contributed by atoms with Crippen molar-refractivity contribution in [3.05, 3.63) is 0 Å². The monoisotopic (exact) mass is 554 g/mol. The molecule has 1 aliphatic heterocycles. The fraction of sp³-hybridized carbons (Fsp3) is 0.967. The molecular weight excluding hydrogens is 504 g/mol. The molecular formula is C30H50O9. The van der Waals surface area contributed by atoms with E-state index in [1.54, 1.807) is 0 Å². The highest BCUT2D eigenvalue weighted by atomic mass is 16.7. The first-order valence-electron chi connectivity index (χ1n) is 15.3. The van der Waals surface area contributed by atoms with Crippen LogP contribution >= 0.6 is 0 Å². The van der Waals surface area contributed by atoms with E-state index in [2.05, 4.69) is 20.8 Å². The van der Waals surface area contributed by atoms with Crippen LogP contribution in [0.3, 0.4) is 0 Å². The van der Waals surface area contributed by atoms with Gasteiger partial charge in [-0.3, -0.25) is 4.79 Å². The predicted molar refractivity (Wildman–Crippen MR) is 141 cm³/mol. The molecule has 5 rings (SSSR count). The van der Waals surface area contributed by atoms with E-state index in [-0.39, 0.29) is 35.4 Å². The van der Waals surface area contributed by atoms with Gasteiger partial charge in [0.25, 0.3) is 0 Å². The number of hydrogen-bond acceptors (Lipinski definition) is 9. The van der Waals surface area contributed by atoms with E-state index >= 15 is 0 Å². The lowest BCUT2D eigenvalue weighted by Crippen LogP contribution is -2.59. The molecule has 1 heterocycles. The van der Waals surface area contributed by atoms with Crippen molar-refractivity contribution in [2.45, 2.75) is 128 Å². The molecule has 5 aliphatic rings. The van der Waals surface area contributed by atoms with Gasteiger partial charge in [0, 0.05) is 6.42 Å². The maximum atomic E-state index is 12.7. The largest absolute Gasteiger partial charge is 0.433 e. The van der Waals surface area contributed by atoms with Crippen molar-refractivity contribution >= 4 is 5.97 Å². The number of aliphatic hydroxyl groups is 6. The van der Waals surface area contributed by atoms with Crippen LogP contribution in [0.2, 0.25) is 0 Å². The van der Waals surface area contributed by atoms with Gasteiger partial charge in [0.15, 0.2) is 0 Å². The molecule has 224 valence electrons. The first kappa shape index (κ1) is 29.7. The first-order chi connectivity index (χ1) is 18.4. The smallest absolute Gasteiger partial charge is 0.308 e. The van der Waals surface area contributed by atoms with Crippen LogP contribution in [0.4, 0.5) is 0 Å². The average Bonchev–Trinajstić information content (AvgIpc) is 3.26. The second kappa shape index (κ2) is 11.1. The molecule has 0 amide bonds. The third-order valence-corrected chi connectivity index (χ3v) is 12.3. The minimum absolute atomic E-state index is 0.0980. The number of carbonyl (C=O) groups excluding carboxylic acids is 1. The predicted octanol–water partition coefficient (Wildman–Crippen LogP) is 1.74. The van der Waals surface area contributed by atoms with E-state index < -0.39 is 43.3 Å². The van der Waals surface area contributed by atoms with E-state index in [1.807, 2.05) is 0 Å². The van der Waals surface area contributed by atoms with Crippen LogP contribution in [0.1, 0.15) is 85.0 Å². The molecule has 0 unspecified atom stereocenters. The van der Waals surface area contributed by atoms with Crippen LogP contribution in [0.5, 0.6) is 0 Å². The van der Waals surface area contributed by atoms with Crippen molar-refractivity contribution < 1.29 is 44.9 Å². The molecule has 0 radical (unpaired) electrons. The second-order valence-electron chi connectivity index (χ2n) is 14.2. The number of fused-ring (bicyclic) bond motifs is 5. The van der Waals surface area contributed by atoms with Crippen molar-refractivity contribution in [2.75, 3.05) is 6.61 Å². The minimum Gasteiger partial charge on any atom is -0.433 e. The lowest BCUT2D eigenvalue weighted by atomic mass is 9.44. The molecule has 0 aromatic heterocycles. The third-order valence-electron chi connectivity index (χ3n) is 12.3. The number of esters is 1. The Morgan fingerprint density at radius 1 is 0.897 bits per heavy atom. The molecule has 0 aromatic carbocycles. The summed E-state index contributed by atoms with van der Waals surface area (Å²) in [6.45, 7) is 6.45. The van der Waals surface area contributed by atoms with Crippen LogP contribution in [-0.2, 0) is 14.3 Å². The van der Waals surface area contributed by atoms with Gasteiger partial charge in [-0.15, -0.1) is 0 Å². The molecule has 9 heteroatoms. The summed E-state index contributed by atoms with van der Waals surface area (Å²) in [7, 11) is 0. The third kappa shape index (κ3) is 5.08. The van der Waals surface area contributed by atoms with Crippen LogP contribution < -0.4 is 0 Å². The van der Waals surface area contributed by atoms with Crippen molar-refractivity contribution in [1.82, 2.24) is 0 Å². The Morgan fingerprint density at radius 3 is 2.31 bits per heavy atom. The van der Waals surface area contributed by atoms with E-state index in [9.17, 15) is 35.4 Å². The average molecular weight is 555 g/mol. The standard InChI is InChI=1S/C30H50O9/c1-15(4-7-24(34)39-28-27(37)26(36)25(35)23(14-31)38-28)18-5-6-19-17-13-22(33)21-12-16(32)8-10-30(21,3)20(17)9-11-29(18,19)2/h15-23,25-28,31-33,35-37H,4-14H2,1-3H3/t15-,16-,17+,18-,19+,20+,21+,22-,23-,25-,26+,27-,28-,29-,30-/m1/s1. The zero-order valence-corrected chi connectivity index (χ0v) is 23.7. The minimum atomic E-state index is -1.59. The Kier molecular flexibility index (Phi) is 8.46. The molecule has 5 fully saturated rings.